The zero-order chi connectivity index (χ0) is 21.2. The van der Waals surface area contributed by atoms with Crippen molar-refractivity contribution in [2.75, 3.05) is 26.2 Å². The number of benzene rings is 2. The number of carbonyl (C=O) groups is 1. The number of sulfonamides is 1. The predicted molar refractivity (Wildman–Crippen MR) is 104 cm³/mol. The van der Waals surface area contributed by atoms with Gasteiger partial charge in [0, 0.05) is 37.8 Å². The predicted octanol–water partition coefficient (Wildman–Crippen LogP) is 2.58. The molecule has 0 aliphatic carbocycles. The molecule has 0 unspecified atom stereocenters. The molecule has 0 bridgehead atoms. The molecule has 1 aliphatic rings. The number of carbonyl (C=O) groups excluding carboxylic acids is 1. The number of aryl methyl sites for hydroxylation is 1. The van der Waals surface area contributed by atoms with Crippen molar-refractivity contribution in [3.8, 4) is 0 Å². The SMILES string of the molecule is Cc1cccc([N+](=O)[O-])c1S(=O)(=O)N1CCCN(C(=O)c2ccc(F)cc2)CC1. The van der Waals surface area contributed by atoms with Gasteiger partial charge in [0.1, 0.15) is 5.82 Å². The van der Waals surface area contributed by atoms with Crippen LogP contribution in [0.1, 0.15) is 22.3 Å². The summed E-state index contributed by atoms with van der Waals surface area (Å²) in [5.74, 6) is -0.763. The summed E-state index contributed by atoms with van der Waals surface area (Å²) in [5.41, 5.74) is 0.147. The van der Waals surface area contributed by atoms with Gasteiger partial charge in [-0.3, -0.25) is 14.9 Å². The highest BCUT2D eigenvalue weighted by Gasteiger charge is 2.34. The largest absolute Gasteiger partial charge is 0.337 e. The first-order valence-electron chi connectivity index (χ1n) is 9.01. The number of halogens is 1. The van der Waals surface area contributed by atoms with Crippen LogP contribution in [0.5, 0.6) is 0 Å². The monoisotopic (exact) mass is 421 g/mol. The van der Waals surface area contributed by atoms with Crippen LogP contribution in [0.25, 0.3) is 0 Å². The zero-order valence-electron chi connectivity index (χ0n) is 15.7. The Hall–Kier alpha value is -2.85. The van der Waals surface area contributed by atoms with Crippen molar-refractivity contribution in [1.29, 1.82) is 0 Å². The van der Waals surface area contributed by atoms with E-state index in [0.29, 0.717) is 24.1 Å². The number of amides is 1. The fourth-order valence-corrected chi connectivity index (χ4v) is 5.19. The third-order valence-electron chi connectivity index (χ3n) is 4.82. The van der Waals surface area contributed by atoms with E-state index in [0.717, 1.165) is 0 Å². The highest BCUT2D eigenvalue weighted by atomic mass is 32.2. The van der Waals surface area contributed by atoms with Gasteiger partial charge in [0.2, 0.25) is 10.0 Å². The van der Waals surface area contributed by atoms with Gasteiger partial charge in [-0.05, 0) is 43.2 Å². The van der Waals surface area contributed by atoms with E-state index in [9.17, 15) is 27.7 Å². The number of hydrogen-bond donors (Lipinski definition) is 0. The van der Waals surface area contributed by atoms with Crippen LogP contribution in [0.4, 0.5) is 10.1 Å². The first kappa shape index (κ1) is 20.9. The number of nitrogens with zero attached hydrogens (tertiary/aromatic N) is 3. The average molecular weight is 421 g/mol. The van der Waals surface area contributed by atoms with Gasteiger partial charge < -0.3 is 4.90 Å². The molecule has 0 N–H and O–H groups in total. The minimum Gasteiger partial charge on any atom is -0.337 e. The van der Waals surface area contributed by atoms with E-state index in [1.54, 1.807) is 0 Å². The molecule has 0 saturated carbocycles. The Balaban J connectivity index is 1.83. The maximum absolute atomic E-state index is 13.1. The topological polar surface area (TPSA) is 101 Å². The number of nitro groups is 1. The van der Waals surface area contributed by atoms with Crippen molar-refractivity contribution < 1.29 is 22.5 Å². The van der Waals surface area contributed by atoms with E-state index >= 15 is 0 Å². The normalized spacial score (nSPS) is 15.7. The molecule has 0 radical (unpaired) electrons. The molecule has 1 amide bonds. The van der Waals surface area contributed by atoms with Gasteiger partial charge >= 0.3 is 0 Å². The second-order valence-electron chi connectivity index (χ2n) is 6.74. The lowest BCUT2D eigenvalue weighted by Gasteiger charge is -2.22. The Bertz CT molecular complexity index is 1040. The van der Waals surface area contributed by atoms with Crippen LogP contribution in [-0.4, -0.2) is 54.6 Å². The lowest BCUT2D eigenvalue weighted by atomic mass is 10.2. The summed E-state index contributed by atoms with van der Waals surface area (Å²) in [6, 6.07) is 9.28. The summed E-state index contributed by atoms with van der Waals surface area (Å²) in [6.07, 6.45) is 0.381. The van der Waals surface area contributed by atoms with Gasteiger partial charge in [0.15, 0.2) is 4.90 Å². The minimum absolute atomic E-state index is 0.0146. The minimum atomic E-state index is -4.11. The number of nitro benzene ring substituents is 1. The zero-order valence-corrected chi connectivity index (χ0v) is 16.6. The second-order valence-corrected chi connectivity index (χ2v) is 8.61. The van der Waals surface area contributed by atoms with Crippen LogP contribution in [0.3, 0.4) is 0 Å². The summed E-state index contributed by atoms with van der Waals surface area (Å²) < 4.78 is 40.6. The molecule has 10 heteroatoms. The third kappa shape index (κ3) is 4.28. The van der Waals surface area contributed by atoms with E-state index in [1.807, 2.05) is 0 Å². The van der Waals surface area contributed by atoms with Crippen LogP contribution in [0.15, 0.2) is 47.4 Å². The fraction of sp³-hybridized carbons (Fsp3) is 0.316. The summed E-state index contributed by atoms with van der Waals surface area (Å²) in [6.45, 7) is 2.14. The third-order valence-corrected chi connectivity index (χ3v) is 6.91. The van der Waals surface area contributed by atoms with Gasteiger partial charge in [-0.2, -0.15) is 4.31 Å². The van der Waals surface area contributed by atoms with E-state index in [4.69, 9.17) is 0 Å². The van der Waals surface area contributed by atoms with E-state index in [-0.39, 0.29) is 30.4 Å². The van der Waals surface area contributed by atoms with E-state index < -0.39 is 26.5 Å². The van der Waals surface area contributed by atoms with Crippen LogP contribution in [0, 0.1) is 22.9 Å². The summed E-state index contributed by atoms with van der Waals surface area (Å²) in [7, 11) is -4.11. The molecule has 29 heavy (non-hydrogen) atoms. The smallest absolute Gasteiger partial charge is 0.289 e. The van der Waals surface area contributed by atoms with Gasteiger partial charge in [-0.15, -0.1) is 0 Å². The highest BCUT2D eigenvalue weighted by molar-refractivity contribution is 7.89. The maximum atomic E-state index is 13.1. The first-order valence-corrected chi connectivity index (χ1v) is 10.4. The van der Waals surface area contributed by atoms with Gasteiger partial charge in [0.25, 0.3) is 11.6 Å². The second kappa shape index (κ2) is 8.26. The van der Waals surface area contributed by atoms with Gasteiger partial charge in [-0.25, -0.2) is 12.8 Å². The van der Waals surface area contributed by atoms with Crippen LogP contribution in [0.2, 0.25) is 0 Å². The van der Waals surface area contributed by atoms with Crippen molar-refractivity contribution >= 4 is 21.6 Å². The van der Waals surface area contributed by atoms with Crippen molar-refractivity contribution in [2.24, 2.45) is 0 Å². The van der Waals surface area contributed by atoms with Gasteiger partial charge in [-0.1, -0.05) is 12.1 Å². The van der Waals surface area contributed by atoms with Crippen molar-refractivity contribution in [3.05, 3.63) is 69.5 Å². The molecule has 1 saturated heterocycles. The van der Waals surface area contributed by atoms with E-state index in [2.05, 4.69) is 0 Å². The molecule has 0 spiro atoms. The molecule has 1 aliphatic heterocycles. The fourth-order valence-electron chi connectivity index (χ4n) is 3.36. The standard InChI is InChI=1S/C19H20FN3O5S/c1-14-4-2-5-17(23(25)26)18(14)29(27,28)22-11-3-10-21(12-13-22)19(24)15-6-8-16(20)9-7-15/h2,4-9H,3,10-13H2,1H3. The molecule has 8 nitrogen and oxygen atoms in total. The molecule has 1 heterocycles. The molecule has 2 aromatic carbocycles. The Morgan fingerprint density at radius 2 is 1.76 bits per heavy atom. The molecular weight excluding hydrogens is 401 g/mol. The first-order chi connectivity index (χ1) is 13.7. The Kier molecular flexibility index (Phi) is 5.94. The highest BCUT2D eigenvalue weighted by Crippen LogP contribution is 2.30. The van der Waals surface area contributed by atoms with Crippen molar-refractivity contribution in [1.82, 2.24) is 9.21 Å². The van der Waals surface area contributed by atoms with Crippen molar-refractivity contribution in [2.45, 2.75) is 18.2 Å². The molecular formula is C19H20FN3O5S. The summed E-state index contributed by atoms with van der Waals surface area (Å²) in [4.78, 5) is 24.5. The Labute approximate surface area is 167 Å². The molecule has 0 atom stereocenters. The maximum Gasteiger partial charge on any atom is 0.289 e. The lowest BCUT2D eigenvalue weighted by Crippen LogP contribution is -2.37. The summed E-state index contributed by atoms with van der Waals surface area (Å²) in [5, 5.41) is 11.3. The molecule has 154 valence electrons. The van der Waals surface area contributed by atoms with Crippen LogP contribution >= 0.6 is 0 Å². The quantitative estimate of drug-likeness (QED) is 0.558. The average Bonchev–Trinajstić information content (AvgIpc) is 2.94. The molecule has 2 aromatic rings. The number of rotatable bonds is 4. The van der Waals surface area contributed by atoms with Crippen LogP contribution < -0.4 is 0 Å². The Morgan fingerprint density at radius 1 is 1.07 bits per heavy atom. The lowest BCUT2D eigenvalue weighted by molar-refractivity contribution is -0.387. The summed E-state index contributed by atoms with van der Waals surface area (Å²) >= 11 is 0. The van der Waals surface area contributed by atoms with Crippen LogP contribution in [-0.2, 0) is 10.0 Å². The number of hydrogen-bond acceptors (Lipinski definition) is 5. The van der Waals surface area contributed by atoms with Gasteiger partial charge in [0.05, 0.1) is 4.92 Å². The molecule has 0 aromatic heterocycles. The molecule has 3 rings (SSSR count). The van der Waals surface area contributed by atoms with Crippen molar-refractivity contribution in [3.63, 3.8) is 0 Å². The Morgan fingerprint density at radius 3 is 2.41 bits per heavy atom. The van der Waals surface area contributed by atoms with E-state index in [1.165, 1.54) is 58.6 Å². The molecule has 1 fully saturated rings.